The standard InChI is InChI=1S/C31H37ClF5N7O2/c1-4-18-10-15(2)46-28-21-26(24(34)25(41-28)19-11-20(38)23(32)16(3)22(19)31(35,36)37)42-29(43-27(21)40-8-7-39-18)45-14-30-6-5-9-44(30)13-17(33)12-30/h11,15,17-18,39H,4-10,12-14,38H2,1-3H3,(H,40,42,43)/t15-,17+,18?,30-/m0/s1. The Hall–Kier alpha value is -3.23. The molecule has 46 heavy (non-hydrogen) atoms. The van der Waals surface area contributed by atoms with Gasteiger partial charge in [0.1, 0.15) is 35.2 Å². The van der Waals surface area contributed by atoms with Gasteiger partial charge in [-0.25, -0.2) is 13.8 Å². The highest BCUT2D eigenvalue weighted by atomic mass is 35.5. The second-order valence-corrected chi connectivity index (χ2v) is 12.9. The Labute approximate surface area is 268 Å². The van der Waals surface area contributed by atoms with Crippen LogP contribution in [0, 0.1) is 12.7 Å². The number of pyridine rings is 1. The molecule has 6 rings (SSSR count). The van der Waals surface area contributed by atoms with Crippen LogP contribution in [0.4, 0.5) is 33.5 Å². The molecule has 250 valence electrons. The molecule has 4 N–H and O–H groups in total. The second kappa shape index (κ2) is 12.4. The van der Waals surface area contributed by atoms with E-state index in [1.165, 1.54) is 6.92 Å². The van der Waals surface area contributed by atoms with Crippen LogP contribution in [-0.4, -0.2) is 76.5 Å². The van der Waals surface area contributed by atoms with Crippen molar-refractivity contribution >= 4 is 34.0 Å². The first-order valence-electron chi connectivity index (χ1n) is 15.5. The van der Waals surface area contributed by atoms with Crippen molar-refractivity contribution in [3.63, 3.8) is 0 Å². The molecular weight excluding hydrogens is 633 g/mol. The Kier molecular flexibility index (Phi) is 8.83. The predicted octanol–water partition coefficient (Wildman–Crippen LogP) is 6.30. The Morgan fingerprint density at radius 1 is 1.24 bits per heavy atom. The SMILES string of the molecule is CCC1C[C@H](C)Oc2nc(-c3cc(N)c(Cl)c(C)c3C(F)(F)F)c(F)c3nc(OC[C@@]45CCCN4C[C@H](F)C5)nc(c23)NCCN1. The van der Waals surface area contributed by atoms with Crippen LogP contribution < -0.4 is 25.8 Å². The van der Waals surface area contributed by atoms with E-state index in [4.69, 9.17) is 26.8 Å². The molecule has 0 saturated carbocycles. The molecule has 9 nitrogen and oxygen atoms in total. The van der Waals surface area contributed by atoms with E-state index in [9.17, 15) is 17.6 Å². The minimum atomic E-state index is -4.92. The topological polar surface area (TPSA) is 110 Å². The van der Waals surface area contributed by atoms with Crippen molar-refractivity contribution in [1.82, 2.24) is 25.2 Å². The van der Waals surface area contributed by atoms with Crippen LogP contribution in [0.15, 0.2) is 6.07 Å². The summed E-state index contributed by atoms with van der Waals surface area (Å²) in [6, 6.07) is 0.839. The highest BCUT2D eigenvalue weighted by Crippen LogP contribution is 2.46. The van der Waals surface area contributed by atoms with E-state index in [1.807, 2.05) is 13.8 Å². The molecule has 0 aliphatic carbocycles. The first-order chi connectivity index (χ1) is 21.8. The fraction of sp³-hybridized carbons (Fsp3) is 0.581. The predicted molar refractivity (Wildman–Crippen MR) is 166 cm³/mol. The monoisotopic (exact) mass is 669 g/mol. The number of rotatable bonds is 5. The van der Waals surface area contributed by atoms with Gasteiger partial charge >= 0.3 is 12.2 Å². The lowest BCUT2D eigenvalue weighted by atomic mass is 9.95. The number of anilines is 2. The number of benzene rings is 1. The number of hydrogen-bond donors (Lipinski definition) is 3. The summed E-state index contributed by atoms with van der Waals surface area (Å²) in [6.45, 7) is 7.06. The number of nitrogens with two attached hydrogens (primary N) is 1. The molecule has 15 heteroatoms. The average Bonchev–Trinajstić information content (AvgIpc) is 3.51. The lowest BCUT2D eigenvalue weighted by Gasteiger charge is -2.30. The maximum atomic E-state index is 16.7. The summed E-state index contributed by atoms with van der Waals surface area (Å²) in [7, 11) is 0. The smallest absolute Gasteiger partial charge is 0.417 e. The number of nitrogen functional groups attached to an aromatic ring is 1. The molecule has 1 aromatic carbocycles. The van der Waals surface area contributed by atoms with Crippen molar-refractivity contribution in [1.29, 1.82) is 0 Å². The zero-order valence-electron chi connectivity index (χ0n) is 25.8. The van der Waals surface area contributed by atoms with Crippen molar-refractivity contribution in [2.24, 2.45) is 0 Å². The zero-order valence-corrected chi connectivity index (χ0v) is 26.6. The van der Waals surface area contributed by atoms with E-state index < -0.39 is 46.6 Å². The van der Waals surface area contributed by atoms with Gasteiger partial charge in [-0.05, 0) is 57.7 Å². The summed E-state index contributed by atoms with van der Waals surface area (Å²) in [5, 5.41) is 6.41. The summed E-state index contributed by atoms with van der Waals surface area (Å²) in [5.41, 5.74) is 2.17. The molecule has 2 aromatic heterocycles. The molecule has 0 radical (unpaired) electrons. The van der Waals surface area contributed by atoms with Gasteiger partial charge in [0, 0.05) is 37.7 Å². The van der Waals surface area contributed by atoms with Gasteiger partial charge < -0.3 is 25.8 Å². The summed E-state index contributed by atoms with van der Waals surface area (Å²) in [4.78, 5) is 15.3. The van der Waals surface area contributed by atoms with E-state index in [1.54, 1.807) is 0 Å². The van der Waals surface area contributed by atoms with E-state index in [2.05, 4.69) is 30.5 Å². The third-order valence-corrected chi connectivity index (χ3v) is 9.80. The van der Waals surface area contributed by atoms with Crippen LogP contribution in [-0.2, 0) is 6.18 Å². The van der Waals surface area contributed by atoms with Crippen LogP contribution in [0.3, 0.4) is 0 Å². The molecule has 5 heterocycles. The summed E-state index contributed by atoms with van der Waals surface area (Å²) in [5.74, 6) is -1.13. The van der Waals surface area contributed by atoms with Gasteiger partial charge in [0.2, 0.25) is 5.88 Å². The molecule has 0 bridgehead atoms. The molecule has 3 aliphatic heterocycles. The maximum absolute atomic E-state index is 16.7. The Balaban J connectivity index is 1.54. The van der Waals surface area contributed by atoms with Crippen molar-refractivity contribution in [3.8, 4) is 23.1 Å². The van der Waals surface area contributed by atoms with Gasteiger partial charge in [0.15, 0.2) is 5.82 Å². The van der Waals surface area contributed by atoms with Crippen LogP contribution >= 0.6 is 11.6 Å². The largest absolute Gasteiger partial charge is 0.474 e. The highest BCUT2D eigenvalue weighted by molar-refractivity contribution is 6.34. The van der Waals surface area contributed by atoms with Gasteiger partial charge in [-0.2, -0.15) is 23.1 Å². The number of fused-ring (bicyclic) bond motifs is 1. The number of hydrogen-bond acceptors (Lipinski definition) is 9. The lowest BCUT2D eigenvalue weighted by molar-refractivity contribution is -0.137. The van der Waals surface area contributed by atoms with Gasteiger partial charge in [0.05, 0.1) is 27.9 Å². The minimum absolute atomic E-state index is 0.0629. The Morgan fingerprint density at radius 3 is 2.76 bits per heavy atom. The van der Waals surface area contributed by atoms with Crippen LogP contribution in [0.2, 0.25) is 5.02 Å². The number of nitrogens with zero attached hydrogens (tertiary/aromatic N) is 4. The van der Waals surface area contributed by atoms with Crippen LogP contribution in [0.1, 0.15) is 57.1 Å². The van der Waals surface area contributed by atoms with Crippen molar-refractivity contribution in [3.05, 3.63) is 28.0 Å². The zero-order chi connectivity index (χ0) is 33.0. The normalized spacial score (nSPS) is 25.5. The molecule has 1 unspecified atom stereocenters. The lowest BCUT2D eigenvalue weighted by Crippen LogP contribution is -2.43. The quantitative estimate of drug-likeness (QED) is 0.213. The number of alkyl halides is 4. The van der Waals surface area contributed by atoms with Gasteiger partial charge in [-0.15, -0.1) is 0 Å². The van der Waals surface area contributed by atoms with Gasteiger partial charge in [0.25, 0.3) is 0 Å². The summed E-state index contributed by atoms with van der Waals surface area (Å²) < 4.78 is 86.9. The van der Waals surface area contributed by atoms with Crippen LogP contribution in [0.5, 0.6) is 11.9 Å². The van der Waals surface area contributed by atoms with Crippen molar-refractivity contribution in [2.45, 2.75) is 82.9 Å². The van der Waals surface area contributed by atoms with E-state index in [0.29, 0.717) is 32.5 Å². The molecule has 0 amide bonds. The van der Waals surface area contributed by atoms with Crippen LogP contribution in [0.25, 0.3) is 22.2 Å². The third kappa shape index (κ3) is 5.99. The third-order valence-electron chi connectivity index (χ3n) is 9.30. The highest BCUT2D eigenvalue weighted by Gasteiger charge is 2.49. The molecule has 3 aromatic rings. The van der Waals surface area contributed by atoms with Gasteiger partial charge in [-0.3, -0.25) is 4.90 Å². The minimum Gasteiger partial charge on any atom is -0.474 e. The number of halogens is 6. The number of nitrogens with one attached hydrogen (secondary N) is 2. The number of ether oxygens (including phenoxy) is 2. The van der Waals surface area contributed by atoms with Gasteiger partial charge in [-0.1, -0.05) is 18.5 Å². The first kappa shape index (κ1) is 32.7. The van der Waals surface area contributed by atoms with E-state index in [-0.39, 0.29) is 57.5 Å². The van der Waals surface area contributed by atoms with Crippen molar-refractivity contribution in [2.75, 3.05) is 43.8 Å². The Bertz CT molecular complexity index is 1640. The molecular formula is C31H37ClF5N7O2. The molecule has 0 spiro atoms. The molecule has 2 saturated heterocycles. The maximum Gasteiger partial charge on any atom is 0.417 e. The molecule has 2 fully saturated rings. The molecule has 4 atom stereocenters. The fourth-order valence-corrected chi connectivity index (χ4v) is 7.24. The van der Waals surface area contributed by atoms with E-state index >= 15 is 4.39 Å². The summed E-state index contributed by atoms with van der Waals surface area (Å²) >= 11 is 6.12. The van der Waals surface area contributed by atoms with E-state index in [0.717, 1.165) is 31.9 Å². The Morgan fingerprint density at radius 2 is 2.02 bits per heavy atom. The second-order valence-electron chi connectivity index (χ2n) is 12.5. The molecule has 3 aliphatic rings. The number of aromatic nitrogens is 3. The van der Waals surface area contributed by atoms with Crippen molar-refractivity contribution < 1.29 is 31.4 Å². The first-order valence-corrected chi connectivity index (χ1v) is 15.9. The summed E-state index contributed by atoms with van der Waals surface area (Å²) in [6.07, 6.45) is -3.10. The fourth-order valence-electron chi connectivity index (χ4n) is 7.09. The average molecular weight is 670 g/mol.